The second-order valence-corrected chi connectivity index (χ2v) is 9.15. The molecule has 1 amide bonds. The van der Waals surface area contributed by atoms with Gasteiger partial charge in [0.15, 0.2) is 5.17 Å². The first-order valence-corrected chi connectivity index (χ1v) is 11.7. The van der Waals surface area contributed by atoms with Crippen molar-refractivity contribution in [3.05, 3.63) is 98.7 Å². The molecule has 4 aromatic rings. The van der Waals surface area contributed by atoms with Gasteiger partial charge in [-0.2, -0.15) is 4.68 Å². The van der Waals surface area contributed by atoms with Crippen LogP contribution in [-0.4, -0.2) is 37.4 Å². The van der Waals surface area contributed by atoms with Crippen LogP contribution >= 0.6 is 11.8 Å². The molecule has 2 aromatic heterocycles. The van der Waals surface area contributed by atoms with E-state index in [1.165, 1.54) is 11.8 Å². The lowest BCUT2D eigenvalue weighted by molar-refractivity contribution is -0.121. The Bertz CT molecular complexity index is 1560. The van der Waals surface area contributed by atoms with E-state index in [0.717, 1.165) is 22.6 Å². The molecule has 0 aliphatic carbocycles. The third-order valence-electron chi connectivity index (χ3n) is 5.82. The number of hydrogen-bond acceptors (Lipinski definition) is 5. The second kappa shape index (κ2) is 8.46. The smallest absolute Gasteiger partial charge is 0.280 e. The zero-order valence-corrected chi connectivity index (χ0v) is 20.1. The molecule has 7 nitrogen and oxygen atoms in total. The zero-order valence-electron chi connectivity index (χ0n) is 19.3. The molecule has 0 spiro atoms. The highest BCUT2D eigenvalue weighted by atomic mass is 32.2. The predicted octanol–water partition coefficient (Wildman–Crippen LogP) is 4.67. The van der Waals surface area contributed by atoms with E-state index in [1.54, 1.807) is 22.7 Å². The Kier molecular flexibility index (Phi) is 5.45. The third-order valence-corrected chi connectivity index (χ3v) is 6.88. The normalized spacial score (nSPS) is 16.4. The Labute approximate surface area is 201 Å². The van der Waals surface area contributed by atoms with Crippen molar-refractivity contribution in [2.75, 3.05) is 7.05 Å². The number of nitrogens with zero attached hydrogens (tertiary/aromatic N) is 5. The van der Waals surface area contributed by atoms with Crippen LogP contribution in [0.2, 0.25) is 0 Å². The minimum Gasteiger partial charge on any atom is -0.290 e. The fourth-order valence-electron chi connectivity index (χ4n) is 4.11. The maximum absolute atomic E-state index is 13.3. The molecule has 170 valence electrons. The number of aliphatic imine (C=N–C) groups is 1. The summed E-state index contributed by atoms with van der Waals surface area (Å²) in [6.07, 6.45) is 1.87. The first-order valence-electron chi connectivity index (χ1n) is 10.8. The molecule has 1 aliphatic rings. The lowest BCUT2D eigenvalue weighted by atomic mass is 10.2. The molecule has 2 aromatic carbocycles. The van der Waals surface area contributed by atoms with E-state index in [9.17, 15) is 9.59 Å². The van der Waals surface area contributed by atoms with Crippen LogP contribution in [0.4, 0.5) is 5.69 Å². The third kappa shape index (κ3) is 3.66. The van der Waals surface area contributed by atoms with Crippen LogP contribution in [0.3, 0.4) is 0 Å². The van der Waals surface area contributed by atoms with Gasteiger partial charge in [0.05, 0.1) is 21.5 Å². The number of rotatable bonds is 3. The number of carbonyl (C=O) groups excluding carboxylic acids is 1. The first-order chi connectivity index (χ1) is 16.3. The van der Waals surface area contributed by atoms with Crippen molar-refractivity contribution in [1.82, 2.24) is 19.2 Å². The van der Waals surface area contributed by atoms with Crippen molar-refractivity contribution in [2.24, 2.45) is 4.99 Å². The van der Waals surface area contributed by atoms with E-state index in [0.29, 0.717) is 26.8 Å². The Balaban J connectivity index is 1.57. The molecule has 0 bridgehead atoms. The van der Waals surface area contributed by atoms with Crippen LogP contribution in [-0.2, 0) is 4.79 Å². The molecule has 1 saturated heterocycles. The fourth-order valence-corrected chi connectivity index (χ4v) is 5.09. The van der Waals surface area contributed by atoms with E-state index in [2.05, 4.69) is 9.98 Å². The molecule has 0 N–H and O–H groups in total. The van der Waals surface area contributed by atoms with Gasteiger partial charge in [-0.05, 0) is 74.5 Å². The number of amides is 1. The minimum absolute atomic E-state index is 0.106. The Morgan fingerprint density at radius 3 is 2.41 bits per heavy atom. The van der Waals surface area contributed by atoms with Crippen LogP contribution in [0.5, 0.6) is 0 Å². The highest BCUT2D eigenvalue weighted by Gasteiger charge is 2.31. The number of hydrogen-bond donors (Lipinski definition) is 0. The van der Waals surface area contributed by atoms with Crippen molar-refractivity contribution < 1.29 is 4.79 Å². The summed E-state index contributed by atoms with van der Waals surface area (Å²) in [4.78, 5) is 37.6. The number of aryl methyl sites for hydroxylation is 2. The molecule has 34 heavy (non-hydrogen) atoms. The summed E-state index contributed by atoms with van der Waals surface area (Å²) in [5, 5.41) is 1.19. The molecule has 0 atom stereocenters. The number of para-hydroxylation sites is 2. The fraction of sp³-hybridized carbons (Fsp3) is 0.154. The summed E-state index contributed by atoms with van der Waals surface area (Å²) in [7, 11) is 1.73. The monoisotopic (exact) mass is 469 g/mol. The summed E-state index contributed by atoms with van der Waals surface area (Å²) < 4.78 is 3.45. The second-order valence-electron chi connectivity index (χ2n) is 8.14. The quantitative estimate of drug-likeness (QED) is 0.409. The molecular formula is C26H23N5O2S. The molecule has 3 heterocycles. The number of thioether (sulfide) groups is 1. The van der Waals surface area contributed by atoms with E-state index < -0.39 is 0 Å². The van der Waals surface area contributed by atoms with Crippen LogP contribution in [0.1, 0.15) is 22.8 Å². The van der Waals surface area contributed by atoms with Gasteiger partial charge in [-0.1, -0.05) is 30.3 Å². The van der Waals surface area contributed by atoms with E-state index in [1.807, 2.05) is 86.1 Å². The Morgan fingerprint density at radius 1 is 0.941 bits per heavy atom. The summed E-state index contributed by atoms with van der Waals surface area (Å²) in [5.41, 5.74) is 3.91. The number of aromatic nitrogens is 3. The summed E-state index contributed by atoms with van der Waals surface area (Å²) >= 11 is 1.34. The van der Waals surface area contributed by atoms with Crippen molar-refractivity contribution >= 4 is 45.5 Å². The van der Waals surface area contributed by atoms with Gasteiger partial charge in [-0.25, -0.2) is 9.98 Å². The Morgan fingerprint density at radius 2 is 1.65 bits per heavy atom. The maximum atomic E-state index is 13.3. The molecular weight excluding hydrogens is 446 g/mol. The van der Waals surface area contributed by atoms with Crippen molar-refractivity contribution in [3.63, 3.8) is 0 Å². The van der Waals surface area contributed by atoms with Gasteiger partial charge < -0.3 is 0 Å². The average molecular weight is 470 g/mol. The molecule has 8 heteroatoms. The van der Waals surface area contributed by atoms with E-state index in [4.69, 9.17) is 0 Å². The number of benzene rings is 2. The van der Waals surface area contributed by atoms with Gasteiger partial charge in [0, 0.05) is 18.4 Å². The topological polar surface area (TPSA) is 72.5 Å². The summed E-state index contributed by atoms with van der Waals surface area (Å²) in [5.74, 6) is 0.484. The lowest BCUT2D eigenvalue weighted by Gasteiger charge is -2.16. The highest BCUT2D eigenvalue weighted by molar-refractivity contribution is 8.18. The summed E-state index contributed by atoms with van der Waals surface area (Å²) in [6, 6.07) is 18.9. The van der Waals surface area contributed by atoms with Gasteiger partial charge in [0.25, 0.3) is 11.5 Å². The molecule has 0 radical (unpaired) electrons. The molecule has 0 unspecified atom stereocenters. The van der Waals surface area contributed by atoms with Crippen LogP contribution in [0.15, 0.2) is 75.4 Å². The van der Waals surface area contributed by atoms with Crippen molar-refractivity contribution in [2.45, 2.75) is 20.8 Å². The van der Waals surface area contributed by atoms with Crippen molar-refractivity contribution in [3.8, 4) is 0 Å². The van der Waals surface area contributed by atoms with Gasteiger partial charge in [0.1, 0.15) is 5.82 Å². The van der Waals surface area contributed by atoms with Crippen LogP contribution in [0.25, 0.3) is 17.0 Å². The number of amidine groups is 1. The largest absolute Gasteiger partial charge is 0.290 e. The molecule has 1 fully saturated rings. The number of carbonyl (C=O) groups is 1. The van der Waals surface area contributed by atoms with Gasteiger partial charge in [-0.3, -0.25) is 19.2 Å². The van der Waals surface area contributed by atoms with Gasteiger partial charge in [0.2, 0.25) is 0 Å². The van der Waals surface area contributed by atoms with Crippen LogP contribution < -0.4 is 5.56 Å². The van der Waals surface area contributed by atoms with Gasteiger partial charge >= 0.3 is 0 Å². The number of fused-ring (bicyclic) bond motifs is 1. The average Bonchev–Trinajstić information content (AvgIpc) is 3.25. The molecule has 5 rings (SSSR count). The van der Waals surface area contributed by atoms with Crippen molar-refractivity contribution in [1.29, 1.82) is 0 Å². The van der Waals surface area contributed by atoms with Crippen LogP contribution in [0, 0.1) is 20.8 Å². The Hall–Kier alpha value is -3.91. The zero-order chi connectivity index (χ0) is 24.0. The molecule has 1 aliphatic heterocycles. The van der Waals surface area contributed by atoms with Gasteiger partial charge in [-0.15, -0.1) is 0 Å². The van der Waals surface area contributed by atoms with E-state index in [-0.39, 0.29) is 11.5 Å². The lowest BCUT2D eigenvalue weighted by Crippen LogP contribution is -2.30. The SMILES string of the molecule is Cc1cc(C=C2SC(=Nc3ccccc3)N(C)C2=O)c(C)n1-n1c(C)nc2ccccc2c1=O. The highest BCUT2D eigenvalue weighted by Crippen LogP contribution is 2.34. The maximum Gasteiger partial charge on any atom is 0.280 e. The summed E-state index contributed by atoms with van der Waals surface area (Å²) in [6.45, 7) is 5.70. The molecule has 0 saturated carbocycles. The standard InChI is InChI=1S/C26H23N5O2S/c1-16-14-19(15-23-25(33)29(4)26(34-23)28-20-10-6-5-7-11-20)17(2)30(16)31-18(3)27-22-13-9-8-12-21(22)24(31)32/h5-15H,1-4H3. The predicted molar refractivity (Wildman–Crippen MR) is 137 cm³/mol. The first kappa shape index (κ1) is 21.9. The number of likely N-dealkylation sites (N-methyl/N-ethyl adjacent to an activating group) is 1. The minimum atomic E-state index is -0.132. The van der Waals surface area contributed by atoms with E-state index >= 15 is 0 Å².